The van der Waals surface area contributed by atoms with Crippen molar-refractivity contribution in [3.8, 4) is 5.88 Å². The molecule has 1 amide bonds. The van der Waals surface area contributed by atoms with Crippen molar-refractivity contribution in [2.24, 2.45) is 0 Å². The van der Waals surface area contributed by atoms with Gasteiger partial charge in [-0.3, -0.25) is 10.1 Å². The molecule has 0 bridgehead atoms. The summed E-state index contributed by atoms with van der Waals surface area (Å²) in [6, 6.07) is 5.06. The third-order valence-corrected chi connectivity index (χ3v) is 2.78. The van der Waals surface area contributed by atoms with Crippen LogP contribution >= 0.6 is 11.5 Å². The highest BCUT2D eigenvalue weighted by atomic mass is 32.1. The van der Waals surface area contributed by atoms with Crippen molar-refractivity contribution in [2.75, 3.05) is 5.32 Å². The van der Waals surface area contributed by atoms with Crippen LogP contribution in [0.2, 0.25) is 0 Å². The number of pyridine rings is 1. The van der Waals surface area contributed by atoms with Gasteiger partial charge in [-0.15, -0.1) is 0 Å². The quantitative estimate of drug-likeness (QED) is 0.928. The number of aryl methyl sites for hydroxylation is 1. The number of anilines is 1. The zero-order chi connectivity index (χ0) is 13.8. The first-order chi connectivity index (χ1) is 9.04. The van der Waals surface area contributed by atoms with E-state index in [1.807, 2.05) is 13.8 Å². The number of carbonyl (C=O) groups excluding carboxylic acids is 1. The van der Waals surface area contributed by atoms with Crippen LogP contribution < -0.4 is 10.1 Å². The molecule has 100 valence electrons. The van der Waals surface area contributed by atoms with Crippen LogP contribution in [-0.2, 0) is 0 Å². The summed E-state index contributed by atoms with van der Waals surface area (Å²) in [5.74, 6) is 0.728. The van der Waals surface area contributed by atoms with E-state index in [0.717, 1.165) is 11.5 Å². The molecule has 0 saturated carbocycles. The minimum Gasteiger partial charge on any atom is -0.475 e. The number of rotatable bonds is 4. The lowest BCUT2D eigenvalue weighted by molar-refractivity contribution is 0.102. The maximum atomic E-state index is 12.0. The molecule has 0 unspecified atom stereocenters. The molecule has 2 aromatic rings. The second-order valence-corrected chi connectivity index (χ2v) is 4.88. The van der Waals surface area contributed by atoms with Gasteiger partial charge in [0.2, 0.25) is 11.0 Å². The molecule has 2 aromatic heterocycles. The highest BCUT2D eigenvalue weighted by Crippen LogP contribution is 2.13. The average Bonchev–Trinajstić information content (AvgIpc) is 2.74. The van der Waals surface area contributed by atoms with Crippen molar-refractivity contribution < 1.29 is 9.53 Å². The second-order valence-electron chi connectivity index (χ2n) is 4.13. The van der Waals surface area contributed by atoms with Gasteiger partial charge in [-0.1, -0.05) is 6.07 Å². The second kappa shape index (κ2) is 5.75. The normalized spacial score (nSPS) is 10.5. The smallest absolute Gasteiger partial charge is 0.276 e. The summed E-state index contributed by atoms with van der Waals surface area (Å²) in [5, 5.41) is 3.11. The molecule has 19 heavy (non-hydrogen) atoms. The van der Waals surface area contributed by atoms with E-state index < -0.39 is 0 Å². The molecule has 0 saturated heterocycles. The molecule has 0 aliphatic heterocycles. The van der Waals surface area contributed by atoms with Gasteiger partial charge in [0.1, 0.15) is 11.5 Å². The number of amides is 1. The van der Waals surface area contributed by atoms with E-state index >= 15 is 0 Å². The summed E-state index contributed by atoms with van der Waals surface area (Å²) in [5.41, 5.74) is 0.283. The van der Waals surface area contributed by atoms with Crippen molar-refractivity contribution in [1.82, 2.24) is 14.3 Å². The molecule has 0 spiro atoms. The Balaban J connectivity index is 2.10. The SMILES string of the molecule is Cc1nsc(NC(=O)c2cccc(OC(C)C)n2)n1. The predicted octanol–water partition coefficient (Wildman–Crippen LogP) is 2.28. The van der Waals surface area contributed by atoms with Gasteiger partial charge in [0.25, 0.3) is 5.91 Å². The first kappa shape index (κ1) is 13.4. The molecule has 0 aliphatic carbocycles. The third-order valence-electron chi connectivity index (χ3n) is 2.06. The first-order valence-electron chi connectivity index (χ1n) is 5.80. The van der Waals surface area contributed by atoms with Crippen molar-refractivity contribution in [2.45, 2.75) is 26.9 Å². The van der Waals surface area contributed by atoms with Crippen molar-refractivity contribution >= 4 is 22.6 Å². The van der Waals surface area contributed by atoms with Crippen LogP contribution in [0.4, 0.5) is 5.13 Å². The Morgan fingerprint density at radius 3 is 2.79 bits per heavy atom. The fourth-order valence-electron chi connectivity index (χ4n) is 1.36. The van der Waals surface area contributed by atoms with Gasteiger partial charge in [0, 0.05) is 17.6 Å². The lowest BCUT2D eigenvalue weighted by atomic mass is 10.3. The van der Waals surface area contributed by atoms with E-state index in [9.17, 15) is 4.79 Å². The van der Waals surface area contributed by atoms with Gasteiger partial charge in [-0.2, -0.15) is 4.37 Å². The topological polar surface area (TPSA) is 77.0 Å². The largest absolute Gasteiger partial charge is 0.475 e. The van der Waals surface area contributed by atoms with Gasteiger partial charge >= 0.3 is 0 Å². The van der Waals surface area contributed by atoms with Crippen molar-refractivity contribution in [1.29, 1.82) is 0 Å². The van der Waals surface area contributed by atoms with Gasteiger partial charge < -0.3 is 4.74 Å². The van der Waals surface area contributed by atoms with Crippen LogP contribution in [0.1, 0.15) is 30.2 Å². The number of hydrogen-bond donors (Lipinski definition) is 1. The Morgan fingerprint density at radius 2 is 2.16 bits per heavy atom. The maximum Gasteiger partial charge on any atom is 0.276 e. The van der Waals surface area contributed by atoms with Crippen LogP contribution in [0.5, 0.6) is 5.88 Å². The number of ether oxygens (including phenoxy) is 1. The van der Waals surface area contributed by atoms with E-state index in [2.05, 4.69) is 19.7 Å². The fraction of sp³-hybridized carbons (Fsp3) is 0.333. The van der Waals surface area contributed by atoms with Gasteiger partial charge in [-0.25, -0.2) is 9.97 Å². The molecule has 0 atom stereocenters. The van der Waals surface area contributed by atoms with E-state index in [0.29, 0.717) is 16.8 Å². The van der Waals surface area contributed by atoms with E-state index in [-0.39, 0.29) is 17.7 Å². The molecular formula is C12H14N4O2S. The van der Waals surface area contributed by atoms with Crippen molar-refractivity contribution in [3.63, 3.8) is 0 Å². The average molecular weight is 278 g/mol. The van der Waals surface area contributed by atoms with Gasteiger partial charge in [-0.05, 0) is 26.8 Å². The number of hydrogen-bond acceptors (Lipinski definition) is 6. The molecule has 7 heteroatoms. The van der Waals surface area contributed by atoms with Crippen LogP contribution in [0.15, 0.2) is 18.2 Å². The number of carbonyl (C=O) groups is 1. The Labute approximate surface area is 115 Å². The lowest BCUT2D eigenvalue weighted by Crippen LogP contribution is -2.15. The van der Waals surface area contributed by atoms with Crippen LogP contribution in [-0.4, -0.2) is 26.4 Å². The molecule has 0 radical (unpaired) electrons. The Bertz CT molecular complexity index is 583. The third kappa shape index (κ3) is 3.72. The van der Waals surface area contributed by atoms with Crippen LogP contribution in [0.25, 0.3) is 0 Å². The summed E-state index contributed by atoms with van der Waals surface area (Å²) >= 11 is 1.14. The number of aromatic nitrogens is 3. The Hall–Kier alpha value is -2.02. The van der Waals surface area contributed by atoms with E-state index in [1.165, 1.54) is 0 Å². The highest BCUT2D eigenvalue weighted by molar-refractivity contribution is 7.09. The van der Waals surface area contributed by atoms with E-state index in [1.54, 1.807) is 25.1 Å². The summed E-state index contributed by atoms with van der Waals surface area (Å²) < 4.78 is 9.43. The first-order valence-corrected chi connectivity index (χ1v) is 6.57. The molecular weight excluding hydrogens is 264 g/mol. The van der Waals surface area contributed by atoms with Gasteiger partial charge in [0.15, 0.2) is 0 Å². The van der Waals surface area contributed by atoms with Crippen LogP contribution in [0.3, 0.4) is 0 Å². The van der Waals surface area contributed by atoms with Gasteiger partial charge in [0.05, 0.1) is 6.10 Å². The molecule has 0 aromatic carbocycles. The minimum absolute atomic E-state index is 0.0108. The fourth-order valence-corrected chi connectivity index (χ4v) is 1.93. The Morgan fingerprint density at radius 1 is 1.37 bits per heavy atom. The number of nitrogens with one attached hydrogen (secondary N) is 1. The summed E-state index contributed by atoms with van der Waals surface area (Å²) in [4.78, 5) is 20.2. The monoisotopic (exact) mass is 278 g/mol. The van der Waals surface area contributed by atoms with Crippen LogP contribution in [0, 0.1) is 6.92 Å². The molecule has 6 nitrogen and oxygen atoms in total. The molecule has 0 fully saturated rings. The summed E-state index contributed by atoms with van der Waals surface area (Å²) in [7, 11) is 0. The zero-order valence-electron chi connectivity index (χ0n) is 10.9. The molecule has 1 N–H and O–H groups in total. The van der Waals surface area contributed by atoms with E-state index in [4.69, 9.17) is 4.74 Å². The molecule has 0 aliphatic rings. The minimum atomic E-state index is -0.328. The standard InChI is InChI=1S/C12H14N4O2S/c1-7(2)18-10-6-4-5-9(14-10)11(17)15-12-13-8(3)16-19-12/h4-7H,1-3H3,(H,13,15,16,17). The summed E-state index contributed by atoms with van der Waals surface area (Å²) in [6.07, 6.45) is 0.0108. The Kier molecular flexibility index (Phi) is 4.06. The summed E-state index contributed by atoms with van der Waals surface area (Å²) in [6.45, 7) is 5.57. The zero-order valence-corrected chi connectivity index (χ0v) is 11.7. The molecule has 2 rings (SSSR count). The predicted molar refractivity (Wildman–Crippen MR) is 72.6 cm³/mol. The number of nitrogens with zero attached hydrogens (tertiary/aromatic N) is 3. The maximum absolute atomic E-state index is 12.0. The molecule has 2 heterocycles. The van der Waals surface area contributed by atoms with Crippen molar-refractivity contribution in [3.05, 3.63) is 29.7 Å². The highest BCUT2D eigenvalue weighted by Gasteiger charge is 2.11. The lowest BCUT2D eigenvalue weighted by Gasteiger charge is -2.09.